The summed E-state index contributed by atoms with van der Waals surface area (Å²) in [5.74, 6) is -0.499. The summed E-state index contributed by atoms with van der Waals surface area (Å²) in [6.45, 7) is 6.78. The number of anilines is 1. The molecule has 0 spiro atoms. The summed E-state index contributed by atoms with van der Waals surface area (Å²) in [7, 11) is 0. The van der Waals surface area contributed by atoms with E-state index >= 15 is 0 Å². The van der Waals surface area contributed by atoms with Crippen molar-refractivity contribution in [3.63, 3.8) is 0 Å². The lowest BCUT2D eigenvalue weighted by atomic mass is 10.1. The van der Waals surface area contributed by atoms with Crippen LogP contribution in [0.15, 0.2) is 29.4 Å². The van der Waals surface area contributed by atoms with Crippen molar-refractivity contribution >= 4 is 23.4 Å². The Kier molecular flexibility index (Phi) is 6.75. The number of hydrogen-bond donors (Lipinski definition) is 1. The normalized spacial score (nSPS) is 11.6. The number of rotatable bonds is 7. The number of nitrogens with zero attached hydrogens (tertiary/aromatic N) is 2. The highest BCUT2D eigenvalue weighted by Gasteiger charge is 2.33. The van der Waals surface area contributed by atoms with E-state index in [2.05, 4.69) is 21.8 Å². The van der Waals surface area contributed by atoms with E-state index in [4.69, 9.17) is 0 Å². The highest BCUT2D eigenvalue weighted by Crippen LogP contribution is 2.34. The average molecular weight is 385 g/mol. The number of alkyl halides is 3. The van der Waals surface area contributed by atoms with Crippen molar-refractivity contribution in [2.75, 3.05) is 11.1 Å². The molecule has 1 aromatic carbocycles. The number of amides is 1. The molecular weight excluding hydrogens is 363 g/mol. The molecule has 2 rings (SSSR count). The lowest BCUT2D eigenvalue weighted by Gasteiger charge is -2.13. The molecule has 0 aliphatic rings. The maximum atomic E-state index is 13.0. The largest absolute Gasteiger partial charge is 0.418 e. The second kappa shape index (κ2) is 8.62. The van der Waals surface area contributed by atoms with Crippen molar-refractivity contribution in [2.24, 2.45) is 0 Å². The van der Waals surface area contributed by atoms with Crippen molar-refractivity contribution in [1.82, 2.24) is 9.55 Å². The Hall–Kier alpha value is -1.96. The van der Waals surface area contributed by atoms with Crippen LogP contribution in [0.3, 0.4) is 0 Å². The van der Waals surface area contributed by atoms with Crippen LogP contribution in [0.5, 0.6) is 0 Å². The SMILES string of the molecule is CCCCn1c(SCC(=O)Nc2ccccc2C(F)(F)F)nc(C)c1C. The van der Waals surface area contributed by atoms with Gasteiger partial charge in [0.15, 0.2) is 5.16 Å². The molecule has 4 nitrogen and oxygen atoms in total. The third-order valence-electron chi connectivity index (χ3n) is 4.00. The summed E-state index contributed by atoms with van der Waals surface area (Å²) in [5, 5.41) is 3.07. The van der Waals surface area contributed by atoms with Crippen LogP contribution in [0.4, 0.5) is 18.9 Å². The zero-order chi connectivity index (χ0) is 19.3. The zero-order valence-electron chi connectivity index (χ0n) is 15.0. The molecule has 0 unspecified atom stereocenters. The molecule has 26 heavy (non-hydrogen) atoms. The van der Waals surface area contributed by atoms with Crippen LogP contribution in [-0.4, -0.2) is 21.2 Å². The number of nitrogens with one attached hydrogen (secondary N) is 1. The number of para-hydroxylation sites is 1. The van der Waals surface area contributed by atoms with Gasteiger partial charge in [-0.2, -0.15) is 13.2 Å². The number of unbranched alkanes of at least 4 members (excludes halogenated alkanes) is 1. The topological polar surface area (TPSA) is 46.9 Å². The molecule has 0 aliphatic carbocycles. The monoisotopic (exact) mass is 385 g/mol. The third kappa shape index (κ3) is 5.03. The summed E-state index contributed by atoms with van der Waals surface area (Å²) < 4.78 is 41.1. The Morgan fingerprint density at radius 2 is 1.96 bits per heavy atom. The minimum Gasteiger partial charge on any atom is -0.325 e. The number of carbonyl (C=O) groups excluding carboxylic acids is 1. The van der Waals surface area contributed by atoms with E-state index in [9.17, 15) is 18.0 Å². The first-order valence-corrected chi connectivity index (χ1v) is 9.35. The number of aromatic nitrogens is 2. The Bertz CT molecular complexity index is 772. The molecule has 0 atom stereocenters. The lowest BCUT2D eigenvalue weighted by molar-refractivity contribution is -0.137. The minimum absolute atomic E-state index is 0.00574. The fourth-order valence-corrected chi connectivity index (χ4v) is 3.39. The number of halogens is 3. The molecule has 0 saturated heterocycles. The molecule has 142 valence electrons. The molecule has 0 saturated carbocycles. The van der Waals surface area contributed by atoms with Gasteiger partial charge in [-0.1, -0.05) is 37.2 Å². The Morgan fingerprint density at radius 3 is 2.62 bits per heavy atom. The number of aryl methyl sites for hydroxylation is 1. The summed E-state index contributed by atoms with van der Waals surface area (Å²) in [5.41, 5.74) is 0.858. The maximum absolute atomic E-state index is 13.0. The number of benzene rings is 1. The van der Waals surface area contributed by atoms with E-state index in [-0.39, 0.29) is 11.4 Å². The molecule has 8 heteroatoms. The smallest absolute Gasteiger partial charge is 0.325 e. The van der Waals surface area contributed by atoms with Crippen molar-refractivity contribution < 1.29 is 18.0 Å². The summed E-state index contributed by atoms with van der Waals surface area (Å²) in [6.07, 6.45) is -2.48. The summed E-state index contributed by atoms with van der Waals surface area (Å²) in [4.78, 5) is 16.6. The van der Waals surface area contributed by atoms with Gasteiger partial charge in [0.05, 0.1) is 22.7 Å². The van der Waals surface area contributed by atoms with Gasteiger partial charge in [-0.25, -0.2) is 4.98 Å². The van der Waals surface area contributed by atoms with Crippen LogP contribution in [-0.2, 0) is 17.5 Å². The first-order chi connectivity index (χ1) is 12.2. The Balaban J connectivity index is 2.06. The predicted octanol–water partition coefficient (Wildman–Crippen LogP) is 5.05. The zero-order valence-corrected chi connectivity index (χ0v) is 15.8. The highest BCUT2D eigenvalue weighted by molar-refractivity contribution is 7.99. The Morgan fingerprint density at radius 1 is 1.27 bits per heavy atom. The highest BCUT2D eigenvalue weighted by atomic mass is 32.2. The van der Waals surface area contributed by atoms with Gasteiger partial charge < -0.3 is 9.88 Å². The molecule has 1 aromatic heterocycles. The van der Waals surface area contributed by atoms with Gasteiger partial charge in [-0.15, -0.1) is 0 Å². The fourth-order valence-electron chi connectivity index (χ4n) is 2.47. The minimum atomic E-state index is -4.51. The van der Waals surface area contributed by atoms with Crippen LogP contribution >= 0.6 is 11.8 Å². The van der Waals surface area contributed by atoms with E-state index in [0.29, 0.717) is 5.16 Å². The molecule has 0 fully saturated rings. The summed E-state index contributed by atoms with van der Waals surface area (Å²) >= 11 is 1.23. The molecule has 2 aromatic rings. The van der Waals surface area contributed by atoms with Crippen LogP contribution in [0.25, 0.3) is 0 Å². The van der Waals surface area contributed by atoms with Gasteiger partial charge in [-0.05, 0) is 32.4 Å². The second-order valence-electron chi connectivity index (χ2n) is 5.95. The van der Waals surface area contributed by atoms with Gasteiger partial charge in [0.1, 0.15) is 0 Å². The first-order valence-electron chi connectivity index (χ1n) is 8.36. The molecule has 0 aliphatic heterocycles. The molecule has 1 amide bonds. The van der Waals surface area contributed by atoms with Gasteiger partial charge in [0.25, 0.3) is 0 Å². The average Bonchev–Trinajstić information content (AvgIpc) is 2.85. The van der Waals surface area contributed by atoms with Crippen LogP contribution in [0.2, 0.25) is 0 Å². The third-order valence-corrected chi connectivity index (χ3v) is 4.97. The quantitative estimate of drug-likeness (QED) is 0.679. The predicted molar refractivity (Wildman–Crippen MR) is 97.4 cm³/mol. The van der Waals surface area contributed by atoms with Crippen molar-refractivity contribution in [3.8, 4) is 0 Å². The Labute approximate surface area is 155 Å². The molecular formula is C18H22F3N3OS. The van der Waals surface area contributed by atoms with E-state index in [0.717, 1.165) is 36.8 Å². The van der Waals surface area contributed by atoms with Gasteiger partial charge in [0.2, 0.25) is 5.91 Å². The van der Waals surface area contributed by atoms with Crippen LogP contribution in [0.1, 0.15) is 36.7 Å². The van der Waals surface area contributed by atoms with E-state index in [1.807, 2.05) is 13.8 Å². The lowest BCUT2D eigenvalue weighted by Crippen LogP contribution is -2.18. The molecule has 1 N–H and O–H groups in total. The van der Waals surface area contributed by atoms with E-state index in [1.54, 1.807) is 0 Å². The number of imidazole rings is 1. The van der Waals surface area contributed by atoms with Gasteiger partial charge in [-0.3, -0.25) is 4.79 Å². The summed E-state index contributed by atoms with van der Waals surface area (Å²) in [6, 6.07) is 4.96. The maximum Gasteiger partial charge on any atom is 0.418 e. The van der Waals surface area contributed by atoms with Crippen LogP contribution < -0.4 is 5.32 Å². The number of carbonyl (C=O) groups is 1. The second-order valence-corrected chi connectivity index (χ2v) is 6.89. The first kappa shape index (κ1) is 20.4. The molecule has 0 bridgehead atoms. The van der Waals surface area contributed by atoms with E-state index < -0.39 is 17.6 Å². The van der Waals surface area contributed by atoms with Crippen LogP contribution in [0, 0.1) is 13.8 Å². The van der Waals surface area contributed by atoms with Crippen molar-refractivity contribution in [1.29, 1.82) is 0 Å². The molecule has 0 radical (unpaired) electrons. The number of hydrogen-bond acceptors (Lipinski definition) is 3. The van der Waals surface area contributed by atoms with Gasteiger partial charge in [0, 0.05) is 12.2 Å². The van der Waals surface area contributed by atoms with E-state index in [1.165, 1.54) is 30.0 Å². The van der Waals surface area contributed by atoms with Gasteiger partial charge >= 0.3 is 6.18 Å². The molecule has 1 heterocycles. The number of thioether (sulfide) groups is 1. The fraction of sp³-hybridized carbons (Fsp3) is 0.444. The van der Waals surface area contributed by atoms with Crippen molar-refractivity contribution in [2.45, 2.75) is 51.5 Å². The van der Waals surface area contributed by atoms with Crippen molar-refractivity contribution in [3.05, 3.63) is 41.2 Å². The standard InChI is InChI=1S/C18H22F3N3OS/c1-4-5-10-24-13(3)12(2)22-17(24)26-11-16(25)23-15-9-7-6-8-14(15)18(19,20)21/h6-9H,4-5,10-11H2,1-3H3,(H,23,25).